The first kappa shape index (κ1) is 9.15. The molecule has 0 amide bonds. The lowest BCUT2D eigenvalue weighted by Crippen LogP contribution is -1.96. The molecule has 0 radical (unpaired) electrons. The number of fused-ring (bicyclic) bond motifs is 3. The van der Waals surface area contributed by atoms with E-state index < -0.39 is 0 Å². The maximum absolute atomic E-state index is 5.74. The summed E-state index contributed by atoms with van der Waals surface area (Å²) in [4.78, 5) is 8.73. The van der Waals surface area contributed by atoms with Crippen LogP contribution in [0.15, 0.2) is 28.7 Å². The predicted molar refractivity (Wildman–Crippen MR) is 63.6 cm³/mol. The molecule has 0 fully saturated rings. The van der Waals surface area contributed by atoms with E-state index in [2.05, 4.69) is 15.3 Å². The summed E-state index contributed by atoms with van der Waals surface area (Å²) < 4.78 is 5.74. The van der Waals surface area contributed by atoms with E-state index in [0.717, 1.165) is 28.1 Å². The summed E-state index contributed by atoms with van der Waals surface area (Å²) >= 11 is 0. The molecule has 1 N–H and O–H groups in total. The second-order valence-electron chi connectivity index (χ2n) is 3.65. The van der Waals surface area contributed by atoms with Crippen LogP contribution in [-0.4, -0.2) is 17.0 Å². The summed E-state index contributed by atoms with van der Waals surface area (Å²) in [7, 11) is 1.83. The van der Waals surface area contributed by atoms with Crippen molar-refractivity contribution in [3.8, 4) is 0 Å². The molecule has 4 heteroatoms. The van der Waals surface area contributed by atoms with Crippen LogP contribution < -0.4 is 5.32 Å². The van der Waals surface area contributed by atoms with Crippen LogP contribution in [0.2, 0.25) is 0 Å². The van der Waals surface area contributed by atoms with Gasteiger partial charge in [0, 0.05) is 12.4 Å². The number of aromatic nitrogens is 2. The Kier molecular flexibility index (Phi) is 1.83. The van der Waals surface area contributed by atoms with Gasteiger partial charge in [-0.15, -0.1) is 0 Å². The minimum atomic E-state index is 0.717. The van der Waals surface area contributed by atoms with E-state index in [9.17, 15) is 0 Å². The Balaban J connectivity index is 2.54. The third-order valence-electron chi connectivity index (χ3n) is 2.57. The average Bonchev–Trinajstić information content (AvgIpc) is 2.67. The summed E-state index contributed by atoms with van der Waals surface area (Å²) in [5.41, 5.74) is 2.43. The van der Waals surface area contributed by atoms with Crippen LogP contribution in [-0.2, 0) is 0 Å². The van der Waals surface area contributed by atoms with Crippen molar-refractivity contribution in [2.45, 2.75) is 6.92 Å². The Morgan fingerprint density at radius 3 is 2.81 bits per heavy atom. The Bertz CT molecular complexity index is 672. The summed E-state index contributed by atoms with van der Waals surface area (Å²) in [5.74, 6) is 1.47. The number of nitrogens with zero attached hydrogens (tertiary/aromatic N) is 2. The zero-order valence-corrected chi connectivity index (χ0v) is 9.11. The smallest absolute Gasteiger partial charge is 0.196 e. The second-order valence-corrected chi connectivity index (χ2v) is 3.65. The van der Waals surface area contributed by atoms with Crippen LogP contribution in [0.4, 0.5) is 5.82 Å². The first-order chi connectivity index (χ1) is 7.79. The molecule has 0 aliphatic rings. The molecule has 0 aliphatic heterocycles. The fraction of sp³-hybridized carbons (Fsp3) is 0.167. The van der Waals surface area contributed by atoms with Gasteiger partial charge in [-0.25, -0.2) is 9.97 Å². The third kappa shape index (κ3) is 1.16. The number of furan rings is 1. The van der Waals surface area contributed by atoms with Gasteiger partial charge in [0.1, 0.15) is 16.9 Å². The molecule has 0 unspecified atom stereocenters. The van der Waals surface area contributed by atoms with Crippen molar-refractivity contribution in [3.05, 3.63) is 30.1 Å². The van der Waals surface area contributed by atoms with Crippen molar-refractivity contribution < 1.29 is 4.42 Å². The molecule has 2 heterocycles. The van der Waals surface area contributed by atoms with Crippen LogP contribution in [0.1, 0.15) is 5.82 Å². The maximum Gasteiger partial charge on any atom is 0.196 e. The Labute approximate surface area is 92.3 Å². The summed E-state index contributed by atoms with van der Waals surface area (Å²) in [5, 5.41) is 4.05. The molecule has 16 heavy (non-hydrogen) atoms. The molecule has 4 nitrogen and oxygen atoms in total. The lowest BCUT2D eigenvalue weighted by molar-refractivity contribution is 0.666. The highest BCUT2D eigenvalue weighted by molar-refractivity contribution is 6.05. The van der Waals surface area contributed by atoms with Crippen molar-refractivity contribution >= 4 is 27.9 Å². The SMILES string of the molecule is CNc1nc(C)nc2c1oc1ccccc12. The minimum absolute atomic E-state index is 0.717. The number of benzene rings is 1. The molecule has 0 aliphatic carbocycles. The normalized spacial score (nSPS) is 11.1. The second kappa shape index (κ2) is 3.20. The molecule has 0 spiro atoms. The van der Waals surface area contributed by atoms with Gasteiger partial charge >= 0.3 is 0 Å². The van der Waals surface area contributed by atoms with Crippen LogP contribution in [0.3, 0.4) is 0 Å². The molecule has 3 rings (SSSR count). The van der Waals surface area contributed by atoms with Crippen LogP contribution in [0, 0.1) is 6.92 Å². The highest BCUT2D eigenvalue weighted by Gasteiger charge is 2.12. The lowest BCUT2D eigenvalue weighted by Gasteiger charge is -2.00. The topological polar surface area (TPSA) is 51.0 Å². The fourth-order valence-electron chi connectivity index (χ4n) is 1.87. The van der Waals surface area contributed by atoms with Gasteiger partial charge in [-0.3, -0.25) is 0 Å². The number of hydrogen-bond donors (Lipinski definition) is 1. The van der Waals surface area contributed by atoms with Gasteiger partial charge in [0.25, 0.3) is 0 Å². The fourth-order valence-corrected chi connectivity index (χ4v) is 1.87. The van der Waals surface area contributed by atoms with Gasteiger partial charge in [-0.05, 0) is 19.1 Å². The van der Waals surface area contributed by atoms with Gasteiger partial charge in [0.05, 0.1) is 0 Å². The van der Waals surface area contributed by atoms with Gasteiger partial charge in [-0.2, -0.15) is 0 Å². The largest absolute Gasteiger partial charge is 0.450 e. The highest BCUT2D eigenvalue weighted by Crippen LogP contribution is 2.30. The Hall–Kier alpha value is -2.10. The molecule has 0 bridgehead atoms. The van der Waals surface area contributed by atoms with Gasteiger partial charge in [-0.1, -0.05) is 12.1 Å². The van der Waals surface area contributed by atoms with Crippen LogP contribution in [0.5, 0.6) is 0 Å². The number of nitrogens with one attached hydrogen (secondary N) is 1. The predicted octanol–water partition coefficient (Wildman–Crippen LogP) is 2.73. The number of hydrogen-bond acceptors (Lipinski definition) is 4. The quantitative estimate of drug-likeness (QED) is 0.675. The average molecular weight is 213 g/mol. The van der Waals surface area contributed by atoms with E-state index in [1.807, 2.05) is 38.2 Å². The number of rotatable bonds is 1. The van der Waals surface area contributed by atoms with Crippen molar-refractivity contribution in [3.63, 3.8) is 0 Å². The number of aryl methyl sites for hydroxylation is 1. The van der Waals surface area contributed by atoms with E-state index in [-0.39, 0.29) is 0 Å². The Morgan fingerprint density at radius 2 is 2.00 bits per heavy atom. The molecule has 0 atom stereocenters. The molecular weight excluding hydrogens is 202 g/mol. The third-order valence-corrected chi connectivity index (χ3v) is 2.57. The highest BCUT2D eigenvalue weighted by atomic mass is 16.3. The zero-order chi connectivity index (χ0) is 11.1. The Morgan fingerprint density at radius 1 is 1.19 bits per heavy atom. The standard InChI is InChI=1S/C12H11N3O/c1-7-14-10-8-5-3-4-6-9(8)16-11(10)12(13-2)15-7/h3-6H,1-2H3,(H,13,14,15). The molecule has 80 valence electrons. The molecule has 0 saturated carbocycles. The molecule has 2 aromatic heterocycles. The summed E-state index contributed by atoms with van der Waals surface area (Å²) in [6.07, 6.45) is 0. The van der Waals surface area contributed by atoms with E-state index in [1.54, 1.807) is 0 Å². The summed E-state index contributed by atoms with van der Waals surface area (Å²) in [6, 6.07) is 7.87. The molecule has 3 aromatic rings. The minimum Gasteiger partial charge on any atom is -0.450 e. The van der Waals surface area contributed by atoms with Crippen molar-refractivity contribution in [2.24, 2.45) is 0 Å². The van der Waals surface area contributed by atoms with Crippen molar-refractivity contribution in [2.75, 3.05) is 12.4 Å². The molecule has 1 aromatic carbocycles. The van der Waals surface area contributed by atoms with E-state index in [4.69, 9.17) is 4.42 Å². The van der Waals surface area contributed by atoms with Crippen LogP contribution >= 0.6 is 0 Å². The van der Waals surface area contributed by atoms with Gasteiger partial charge in [0.2, 0.25) is 0 Å². The maximum atomic E-state index is 5.74. The molecular formula is C12H11N3O. The number of anilines is 1. The van der Waals surface area contributed by atoms with E-state index in [1.165, 1.54) is 0 Å². The van der Waals surface area contributed by atoms with Gasteiger partial charge < -0.3 is 9.73 Å². The van der Waals surface area contributed by atoms with Gasteiger partial charge in [0.15, 0.2) is 11.4 Å². The first-order valence-electron chi connectivity index (χ1n) is 5.13. The first-order valence-corrected chi connectivity index (χ1v) is 5.13. The van der Waals surface area contributed by atoms with Crippen LogP contribution in [0.25, 0.3) is 22.1 Å². The zero-order valence-electron chi connectivity index (χ0n) is 9.11. The monoisotopic (exact) mass is 213 g/mol. The number of para-hydroxylation sites is 1. The summed E-state index contributed by atoms with van der Waals surface area (Å²) in [6.45, 7) is 1.88. The van der Waals surface area contributed by atoms with Crippen molar-refractivity contribution in [1.29, 1.82) is 0 Å². The van der Waals surface area contributed by atoms with E-state index >= 15 is 0 Å². The van der Waals surface area contributed by atoms with E-state index in [0.29, 0.717) is 5.58 Å². The molecule has 0 saturated heterocycles. The lowest BCUT2D eigenvalue weighted by atomic mass is 10.2. The van der Waals surface area contributed by atoms with Crippen molar-refractivity contribution in [1.82, 2.24) is 9.97 Å².